The Kier molecular flexibility index (Phi) is 5.38. The Labute approximate surface area is 271 Å². The first-order valence-electron chi connectivity index (χ1n) is 15.5. The highest BCUT2D eigenvalue weighted by Gasteiger charge is 2.36. The summed E-state index contributed by atoms with van der Waals surface area (Å²) in [5.41, 5.74) is 12.8. The quantitative estimate of drug-likeness (QED) is 0.198. The molecular weight excluding hydrogens is 574 g/mol. The number of hydrogen-bond acceptors (Lipinski definition) is 3. The van der Waals surface area contributed by atoms with E-state index < -0.39 is 0 Å². The van der Waals surface area contributed by atoms with E-state index >= 15 is 0 Å². The molecule has 8 aromatic rings. The molecule has 0 bridgehead atoms. The molecule has 0 atom stereocenters. The van der Waals surface area contributed by atoms with Crippen LogP contribution in [0.3, 0.4) is 0 Å². The third-order valence-electron chi connectivity index (χ3n) is 9.97. The van der Waals surface area contributed by atoms with Crippen LogP contribution in [0.2, 0.25) is 0 Å². The van der Waals surface area contributed by atoms with E-state index in [1.165, 1.54) is 22.3 Å². The van der Waals surface area contributed by atoms with Gasteiger partial charge < -0.3 is 9.13 Å². The standard InChI is InChI=1S/C42H25N5/c1-42(2)36-9-4-3-8-30(36)31-21-41-35(20-37(31)42)34-18-27(24-45)12-15-40(34)47(41)29-7-5-6-28(19-29)46-38-13-10-25(22-43)16-32(38)33-17-26(23-44)11-14-39(33)46/h3-21H,1-2H3. The van der Waals surface area contributed by atoms with Gasteiger partial charge in [-0.3, -0.25) is 0 Å². The van der Waals surface area contributed by atoms with Gasteiger partial charge in [-0.15, -0.1) is 0 Å². The minimum absolute atomic E-state index is 0.144. The summed E-state index contributed by atoms with van der Waals surface area (Å²) in [6, 6.07) is 46.1. The molecule has 0 radical (unpaired) electrons. The number of nitrogens with zero attached hydrogens (tertiary/aromatic N) is 5. The van der Waals surface area contributed by atoms with Gasteiger partial charge in [0, 0.05) is 38.3 Å². The molecule has 0 unspecified atom stereocenters. The SMILES string of the molecule is CC1(C)c2ccccc2-c2cc3c(cc21)c1cc(C#N)ccc1n3-c1cccc(-n2c3ccc(C#N)cc3c3cc(C#N)ccc32)c1. The zero-order valence-electron chi connectivity index (χ0n) is 25.7. The van der Waals surface area contributed by atoms with Gasteiger partial charge in [-0.1, -0.05) is 44.2 Å². The molecule has 1 aliphatic rings. The van der Waals surface area contributed by atoms with Gasteiger partial charge in [0.1, 0.15) is 0 Å². The molecule has 0 amide bonds. The van der Waals surface area contributed by atoms with Crippen molar-refractivity contribution in [2.24, 2.45) is 0 Å². The molecule has 0 fully saturated rings. The van der Waals surface area contributed by atoms with Gasteiger partial charge in [0.15, 0.2) is 0 Å². The van der Waals surface area contributed by atoms with Crippen LogP contribution in [0, 0.1) is 34.0 Å². The maximum atomic E-state index is 9.84. The first-order chi connectivity index (χ1) is 22.9. The third-order valence-corrected chi connectivity index (χ3v) is 9.97. The topological polar surface area (TPSA) is 81.2 Å². The van der Waals surface area contributed by atoms with E-state index in [1.807, 2.05) is 48.5 Å². The number of benzene rings is 6. The van der Waals surface area contributed by atoms with E-state index in [2.05, 4.69) is 108 Å². The predicted octanol–water partition coefficient (Wildman–Crippen LogP) is 9.80. The lowest BCUT2D eigenvalue weighted by Crippen LogP contribution is -2.14. The molecule has 0 aliphatic heterocycles. The Balaban J connectivity index is 1.35. The zero-order chi connectivity index (χ0) is 32.0. The minimum Gasteiger partial charge on any atom is -0.309 e. The number of nitriles is 3. The summed E-state index contributed by atoms with van der Waals surface area (Å²) in [4.78, 5) is 0. The highest BCUT2D eigenvalue weighted by molar-refractivity contribution is 6.12. The van der Waals surface area contributed by atoms with E-state index in [0.29, 0.717) is 16.7 Å². The van der Waals surface area contributed by atoms with E-state index in [0.717, 1.165) is 55.0 Å². The molecule has 0 saturated carbocycles. The van der Waals surface area contributed by atoms with Gasteiger partial charge in [0.2, 0.25) is 0 Å². The van der Waals surface area contributed by atoms with Crippen molar-refractivity contribution in [3.05, 3.63) is 143 Å². The lowest BCUT2D eigenvalue weighted by Gasteiger charge is -2.21. The molecule has 9 rings (SSSR count). The monoisotopic (exact) mass is 599 g/mol. The summed E-state index contributed by atoms with van der Waals surface area (Å²) >= 11 is 0. The van der Waals surface area contributed by atoms with Crippen LogP contribution in [0.15, 0.2) is 115 Å². The van der Waals surface area contributed by atoms with Crippen molar-refractivity contribution in [1.29, 1.82) is 15.8 Å². The normalized spacial score (nSPS) is 13.0. The molecule has 0 spiro atoms. The Bertz CT molecular complexity index is 2730. The van der Waals surface area contributed by atoms with Crippen LogP contribution in [0.5, 0.6) is 0 Å². The summed E-state index contributed by atoms with van der Waals surface area (Å²) in [6.45, 7) is 4.58. The highest BCUT2D eigenvalue weighted by atomic mass is 15.0. The summed E-state index contributed by atoms with van der Waals surface area (Å²) < 4.78 is 4.51. The molecule has 6 aromatic carbocycles. The first kappa shape index (κ1) is 26.8. The predicted molar refractivity (Wildman–Crippen MR) is 187 cm³/mol. The van der Waals surface area contributed by atoms with Crippen molar-refractivity contribution in [1.82, 2.24) is 9.13 Å². The van der Waals surface area contributed by atoms with Crippen molar-refractivity contribution >= 4 is 43.6 Å². The fraction of sp³-hybridized carbons (Fsp3) is 0.0714. The lowest BCUT2D eigenvalue weighted by molar-refractivity contribution is 0.661. The average molecular weight is 600 g/mol. The molecule has 218 valence electrons. The van der Waals surface area contributed by atoms with Crippen molar-refractivity contribution < 1.29 is 0 Å². The molecule has 1 aliphatic carbocycles. The summed E-state index contributed by atoms with van der Waals surface area (Å²) in [7, 11) is 0. The number of hydrogen-bond donors (Lipinski definition) is 0. The Morgan fingerprint density at radius 1 is 0.447 bits per heavy atom. The molecule has 5 nitrogen and oxygen atoms in total. The summed E-state index contributed by atoms with van der Waals surface area (Å²) in [5, 5.41) is 33.2. The fourth-order valence-corrected chi connectivity index (χ4v) is 7.77. The Morgan fingerprint density at radius 3 is 1.47 bits per heavy atom. The molecular formula is C42H25N5. The van der Waals surface area contributed by atoms with Crippen molar-refractivity contribution in [3.8, 4) is 40.7 Å². The first-order valence-corrected chi connectivity index (χ1v) is 15.5. The Morgan fingerprint density at radius 2 is 0.936 bits per heavy atom. The molecule has 0 saturated heterocycles. The van der Waals surface area contributed by atoms with Crippen molar-refractivity contribution in [3.63, 3.8) is 0 Å². The van der Waals surface area contributed by atoms with Crippen LogP contribution in [-0.4, -0.2) is 9.13 Å². The minimum atomic E-state index is -0.144. The average Bonchev–Trinajstić information content (AvgIpc) is 3.69. The lowest BCUT2D eigenvalue weighted by atomic mass is 9.82. The number of rotatable bonds is 2. The van der Waals surface area contributed by atoms with Crippen LogP contribution in [0.25, 0.3) is 66.1 Å². The largest absolute Gasteiger partial charge is 0.309 e. The second-order valence-corrected chi connectivity index (χ2v) is 12.8. The maximum Gasteiger partial charge on any atom is 0.0991 e. The summed E-state index contributed by atoms with van der Waals surface area (Å²) in [6.07, 6.45) is 0. The second kappa shape index (κ2) is 9.45. The number of fused-ring (bicyclic) bond motifs is 9. The number of aromatic nitrogens is 2. The van der Waals surface area contributed by atoms with Crippen LogP contribution < -0.4 is 0 Å². The van der Waals surface area contributed by atoms with Gasteiger partial charge in [0.05, 0.1) is 57.0 Å². The maximum absolute atomic E-state index is 9.84. The van der Waals surface area contributed by atoms with Crippen LogP contribution in [-0.2, 0) is 5.41 Å². The fourth-order valence-electron chi connectivity index (χ4n) is 7.77. The smallest absolute Gasteiger partial charge is 0.0991 e. The van der Waals surface area contributed by atoms with E-state index in [9.17, 15) is 15.8 Å². The van der Waals surface area contributed by atoms with Crippen LogP contribution in [0.4, 0.5) is 0 Å². The van der Waals surface area contributed by atoms with Gasteiger partial charge in [0.25, 0.3) is 0 Å². The van der Waals surface area contributed by atoms with E-state index in [-0.39, 0.29) is 5.41 Å². The highest BCUT2D eigenvalue weighted by Crippen LogP contribution is 2.51. The molecule has 5 heteroatoms. The molecule has 0 N–H and O–H groups in total. The molecule has 47 heavy (non-hydrogen) atoms. The zero-order valence-corrected chi connectivity index (χ0v) is 25.7. The van der Waals surface area contributed by atoms with Gasteiger partial charge in [-0.05, 0) is 107 Å². The molecule has 2 aromatic heterocycles. The van der Waals surface area contributed by atoms with Crippen molar-refractivity contribution in [2.45, 2.75) is 19.3 Å². The van der Waals surface area contributed by atoms with E-state index in [4.69, 9.17) is 0 Å². The van der Waals surface area contributed by atoms with Crippen LogP contribution >= 0.6 is 0 Å². The van der Waals surface area contributed by atoms with Crippen LogP contribution in [0.1, 0.15) is 41.7 Å². The van der Waals surface area contributed by atoms with Gasteiger partial charge in [-0.25, -0.2) is 0 Å². The summed E-state index contributed by atoms with van der Waals surface area (Å²) in [5.74, 6) is 0. The Hall–Kier alpha value is -6.61. The second-order valence-electron chi connectivity index (χ2n) is 12.8. The third kappa shape index (κ3) is 3.62. The van der Waals surface area contributed by atoms with E-state index in [1.54, 1.807) is 0 Å². The van der Waals surface area contributed by atoms with Gasteiger partial charge in [-0.2, -0.15) is 15.8 Å². The van der Waals surface area contributed by atoms with Crippen molar-refractivity contribution in [2.75, 3.05) is 0 Å². The molecule has 2 heterocycles. The van der Waals surface area contributed by atoms with Gasteiger partial charge >= 0.3 is 0 Å².